The van der Waals surface area contributed by atoms with Crippen molar-refractivity contribution in [3.63, 3.8) is 0 Å². The lowest BCUT2D eigenvalue weighted by Crippen LogP contribution is -2.36. The lowest BCUT2D eigenvalue weighted by Gasteiger charge is -2.21. The maximum Gasteiger partial charge on any atom is 0.230 e. The Morgan fingerprint density at radius 3 is 2.70 bits per heavy atom. The first-order valence-corrected chi connectivity index (χ1v) is 7.96. The van der Waals surface area contributed by atoms with Crippen molar-refractivity contribution in [1.29, 1.82) is 0 Å². The first kappa shape index (κ1) is 15.7. The predicted molar refractivity (Wildman–Crippen MR) is 86.6 cm³/mol. The average Bonchev–Trinajstić information content (AvgIpc) is 3.13. The molecule has 1 aromatic heterocycles. The topological polar surface area (TPSA) is 71.2 Å². The molecule has 0 bridgehead atoms. The Bertz CT molecular complexity index is 698. The normalized spacial score (nSPS) is 20.9. The molecule has 1 aliphatic heterocycles. The summed E-state index contributed by atoms with van der Waals surface area (Å²) in [5.41, 5.74) is 0.243. The van der Waals surface area contributed by atoms with E-state index in [1.54, 1.807) is 4.90 Å². The number of benzene rings is 1. The Kier molecular flexibility index (Phi) is 4.17. The molecule has 1 aliphatic rings. The minimum absolute atomic E-state index is 0.00973. The molecule has 1 N–H and O–H groups in total. The van der Waals surface area contributed by atoms with Gasteiger partial charge in [-0.1, -0.05) is 37.3 Å². The van der Waals surface area contributed by atoms with Gasteiger partial charge in [-0.15, -0.1) is 10.2 Å². The van der Waals surface area contributed by atoms with Crippen molar-refractivity contribution in [2.45, 2.75) is 31.8 Å². The highest BCUT2D eigenvalue weighted by Crippen LogP contribution is 2.25. The maximum absolute atomic E-state index is 12.5. The molecular formula is C17H22N4O2. The van der Waals surface area contributed by atoms with Crippen LogP contribution in [0, 0.1) is 0 Å². The zero-order chi connectivity index (χ0) is 16.4. The number of amides is 1. The van der Waals surface area contributed by atoms with Crippen molar-refractivity contribution in [2.24, 2.45) is 7.05 Å². The van der Waals surface area contributed by atoms with Crippen LogP contribution in [0.4, 0.5) is 0 Å². The average molecular weight is 314 g/mol. The van der Waals surface area contributed by atoms with Crippen molar-refractivity contribution >= 4 is 5.91 Å². The van der Waals surface area contributed by atoms with Crippen LogP contribution >= 0.6 is 0 Å². The molecule has 1 fully saturated rings. The van der Waals surface area contributed by atoms with E-state index in [1.165, 1.54) is 0 Å². The van der Waals surface area contributed by atoms with E-state index in [1.807, 2.05) is 48.9 Å². The highest BCUT2D eigenvalue weighted by atomic mass is 16.3. The van der Waals surface area contributed by atoms with Gasteiger partial charge in [-0.05, 0) is 12.8 Å². The number of carbonyl (C=O) groups excluding carboxylic acids is 1. The highest BCUT2D eigenvalue weighted by Gasteiger charge is 2.36. The van der Waals surface area contributed by atoms with E-state index in [0.717, 1.165) is 11.4 Å². The number of hydrogen-bond acceptors (Lipinski definition) is 4. The predicted octanol–water partition coefficient (Wildman–Crippen LogP) is 1.40. The lowest BCUT2D eigenvalue weighted by atomic mass is 10.0. The molecule has 1 saturated heterocycles. The van der Waals surface area contributed by atoms with E-state index in [2.05, 4.69) is 10.2 Å². The van der Waals surface area contributed by atoms with Gasteiger partial charge in [-0.25, -0.2) is 0 Å². The summed E-state index contributed by atoms with van der Waals surface area (Å²) in [6.07, 6.45) is 1.51. The van der Waals surface area contributed by atoms with Crippen LogP contribution in [0.2, 0.25) is 0 Å². The molecule has 3 rings (SSSR count). The quantitative estimate of drug-likeness (QED) is 0.926. The molecule has 23 heavy (non-hydrogen) atoms. The largest absolute Gasteiger partial charge is 0.388 e. The van der Waals surface area contributed by atoms with Crippen molar-refractivity contribution in [3.8, 4) is 11.4 Å². The van der Waals surface area contributed by atoms with Gasteiger partial charge in [0.1, 0.15) is 5.82 Å². The Labute approximate surface area is 135 Å². The van der Waals surface area contributed by atoms with Gasteiger partial charge in [-0.2, -0.15) is 0 Å². The molecule has 0 aliphatic carbocycles. The second-order valence-electron chi connectivity index (χ2n) is 6.18. The molecule has 1 amide bonds. The number of hydrogen-bond donors (Lipinski definition) is 1. The van der Waals surface area contributed by atoms with Crippen LogP contribution in [0.15, 0.2) is 30.3 Å². The standard InChI is InChI=1S/C17H22N4O2/c1-3-17(23)9-10-21(12-17)15(22)11-14-18-19-16(20(14)2)13-7-5-4-6-8-13/h4-8,23H,3,9-12H2,1-2H3. The number of rotatable bonds is 4. The van der Waals surface area contributed by atoms with E-state index in [-0.39, 0.29) is 12.3 Å². The fourth-order valence-electron chi connectivity index (χ4n) is 2.96. The van der Waals surface area contributed by atoms with E-state index < -0.39 is 5.60 Å². The third-order valence-electron chi connectivity index (χ3n) is 4.65. The molecule has 0 spiro atoms. The smallest absolute Gasteiger partial charge is 0.230 e. The Morgan fingerprint density at radius 1 is 1.30 bits per heavy atom. The Hall–Kier alpha value is -2.21. The molecular weight excluding hydrogens is 292 g/mol. The third kappa shape index (κ3) is 3.12. The van der Waals surface area contributed by atoms with E-state index in [0.29, 0.717) is 31.8 Å². The summed E-state index contributed by atoms with van der Waals surface area (Å²) in [6, 6.07) is 9.79. The first-order chi connectivity index (χ1) is 11.0. The molecule has 1 unspecified atom stereocenters. The van der Waals surface area contributed by atoms with Gasteiger partial charge >= 0.3 is 0 Å². The number of aromatic nitrogens is 3. The second-order valence-corrected chi connectivity index (χ2v) is 6.18. The second kappa shape index (κ2) is 6.12. The molecule has 122 valence electrons. The molecule has 1 aromatic carbocycles. The maximum atomic E-state index is 12.5. The Balaban J connectivity index is 1.72. The zero-order valence-corrected chi connectivity index (χ0v) is 13.6. The summed E-state index contributed by atoms with van der Waals surface area (Å²) in [5.74, 6) is 1.38. The summed E-state index contributed by atoms with van der Waals surface area (Å²) in [6.45, 7) is 2.96. The van der Waals surface area contributed by atoms with Crippen LogP contribution < -0.4 is 0 Å². The fourth-order valence-corrected chi connectivity index (χ4v) is 2.96. The molecule has 2 heterocycles. The highest BCUT2D eigenvalue weighted by molar-refractivity contribution is 5.78. The molecule has 6 heteroatoms. The van der Waals surface area contributed by atoms with Gasteiger partial charge in [0.15, 0.2) is 5.82 Å². The number of nitrogens with zero attached hydrogens (tertiary/aromatic N) is 4. The minimum atomic E-state index is -0.731. The zero-order valence-electron chi connectivity index (χ0n) is 13.6. The number of aliphatic hydroxyl groups is 1. The van der Waals surface area contributed by atoms with Gasteiger partial charge in [0.25, 0.3) is 0 Å². The summed E-state index contributed by atoms with van der Waals surface area (Å²) >= 11 is 0. The van der Waals surface area contributed by atoms with Crippen molar-refractivity contribution in [2.75, 3.05) is 13.1 Å². The van der Waals surface area contributed by atoms with Gasteiger partial charge < -0.3 is 14.6 Å². The number of likely N-dealkylation sites (tertiary alicyclic amines) is 1. The first-order valence-electron chi connectivity index (χ1n) is 7.96. The SMILES string of the molecule is CCC1(O)CCN(C(=O)Cc2nnc(-c3ccccc3)n2C)C1. The van der Waals surface area contributed by atoms with Crippen LogP contribution in [0.1, 0.15) is 25.6 Å². The lowest BCUT2D eigenvalue weighted by molar-refractivity contribution is -0.130. The summed E-state index contributed by atoms with van der Waals surface area (Å²) < 4.78 is 1.86. The van der Waals surface area contributed by atoms with Gasteiger partial charge in [-0.3, -0.25) is 4.79 Å². The van der Waals surface area contributed by atoms with E-state index in [9.17, 15) is 9.90 Å². The van der Waals surface area contributed by atoms with Crippen LogP contribution in [0.25, 0.3) is 11.4 Å². The van der Waals surface area contributed by atoms with Crippen molar-refractivity contribution in [3.05, 3.63) is 36.2 Å². The Morgan fingerprint density at radius 2 is 2.04 bits per heavy atom. The fraction of sp³-hybridized carbons (Fsp3) is 0.471. The van der Waals surface area contributed by atoms with E-state index in [4.69, 9.17) is 0 Å². The van der Waals surface area contributed by atoms with Crippen molar-refractivity contribution < 1.29 is 9.90 Å². The van der Waals surface area contributed by atoms with Crippen LogP contribution in [0.3, 0.4) is 0 Å². The molecule has 0 radical (unpaired) electrons. The minimum Gasteiger partial charge on any atom is -0.388 e. The van der Waals surface area contributed by atoms with Gasteiger partial charge in [0.2, 0.25) is 5.91 Å². The van der Waals surface area contributed by atoms with E-state index >= 15 is 0 Å². The molecule has 6 nitrogen and oxygen atoms in total. The number of β-amino-alcohol motifs (C(OH)–C–C–N with tert-alkyl or cyclic N) is 1. The van der Waals surface area contributed by atoms with Gasteiger partial charge in [0, 0.05) is 25.7 Å². The van der Waals surface area contributed by atoms with Gasteiger partial charge in [0.05, 0.1) is 12.0 Å². The van der Waals surface area contributed by atoms with Crippen molar-refractivity contribution in [1.82, 2.24) is 19.7 Å². The molecule has 2 aromatic rings. The summed E-state index contributed by atoms with van der Waals surface area (Å²) in [7, 11) is 1.87. The monoisotopic (exact) mass is 314 g/mol. The summed E-state index contributed by atoms with van der Waals surface area (Å²) in [5, 5.41) is 18.6. The van der Waals surface area contributed by atoms with Crippen LogP contribution in [-0.2, 0) is 18.3 Å². The molecule has 1 atom stereocenters. The van der Waals surface area contributed by atoms with Crippen LogP contribution in [-0.4, -0.2) is 49.4 Å². The number of carbonyl (C=O) groups is 1. The third-order valence-corrected chi connectivity index (χ3v) is 4.65. The van der Waals surface area contributed by atoms with Crippen LogP contribution in [0.5, 0.6) is 0 Å². The summed E-state index contributed by atoms with van der Waals surface area (Å²) in [4.78, 5) is 14.2. The molecule has 0 saturated carbocycles.